The van der Waals surface area contributed by atoms with E-state index in [1.807, 2.05) is 0 Å². The second-order valence-corrected chi connectivity index (χ2v) is 0. The zero-order valence-electron chi connectivity index (χ0n) is 4.54. The number of nitrogens with two attached hydrogens (primary N) is 1. The van der Waals surface area contributed by atoms with Gasteiger partial charge in [0.1, 0.15) is 0 Å². The zero-order chi connectivity index (χ0) is 2.00. The molecule has 0 aromatic carbocycles. The first kappa shape index (κ1) is 52.9. The predicted molar refractivity (Wildman–Crippen MR) is 15.9 cm³/mol. The molecule has 0 rings (SSSR count). The molecule has 0 fully saturated rings. The van der Waals surface area contributed by atoms with Gasteiger partial charge in [0, 0.05) is 0 Å². The molecule has 0 heterocycles. The summed E-state index contributed by atoms with van der Waals surface area (Å²) < 4.78 is 0. The Bertz CT molecular complexity index is 16.0. The molecule has 0 aliphatic heterocycles. The van der Waals surface area contributed by atoms with E-state index in [0.29, 0.717) is 0 Å². The van der Waals surface area contributed by atoms with Gasteiger partial charge in [-0.05, 0) is 7.05 Å². The first-order valence-corrected chi connectivity index (χ1v) is 0.577. The molecule has 0 bridgehead atoms. The minimum atomic E-state index is 0. The normalized spacial score (nSPS) is 0.750. The molecule has 0 aromatic rings. The van der Waals surface area contributed by atoms with Crippen LogP contribution in [0.15, 0.2) is 0 Å². The third-order valence-corrected chi connectivity index (χ3v) is 0. The summed E-state index contributed by atoms with van der Waals surface area (Å²) in [5, 5.41) is 0. The zero-order valence-corrected chi connectivity index (χ0v) is 20.6. The largest absolute Gasteiger partial charge is 3.00 e. The first-order valence-electron chi connectivity index (χ1n) is 0.577. The van der Waals surface area contributed by atoms with Crippen molar-refractivity contribution in [1.29, 1.82) is 0 Å². The van der Waals surface area contributed by atoms with Crippen molar-refractivity contribution in [3.05, 3.63) is 0 Å². The molecule has 0 aliphatic rings. The van der Waals surface area contributed by atoms with Crippen LogP contribution in [0.2, 0.25) is 0 Å². The third-order valence-electron chi connectivity index (χ3n) is 0. The molecule has 48 valence electrons. The maximum atomic E-state index is 4.50. The van der Waals surface area contributed by atoms with Crippen LogP contribution in [0.1, 0.15) is 0 Å². The Balaban J connectivity index is -0.000000000333. The molecular weight excluding hydrogens is 688 g/mol. The van der Waals surface area contributed by atoms with Crippen LogP contribution in [-0.2, 0) is 0 Å². The van der Waals surface area contributed by atoms with Crippen molar-refractivity contribution < 1.29 is 137 Å². The van der Waals surface area contributed by atoms with Crippen LogP contribution in [0.4, 0.5) is 0 Å². The Kier molecular flexibility index (Phi) is 394. The molecule has 0 spiro atoms. The van der Waals surface area contributed by atoms with Crippen LogP contribution in [0.25, 0.3) is 0 Å². The molecule has 1 nitrogen and oxygen atoms in total. The van der Waals surface area contributed by atoms with Gasteiger partial charge in [0.05, 0.1) is 0 Å². The third kappa shape index (κ3) is 44.9. The van der Waals surface area contributed by atoms with E-state index in [9.17, 15) is 0 Å². The SMILES string of the molecule is CN.[Bi+3].[Br-].[Br-].[Br-].[Br-].[Cs+]. The molecule has 0 aromatic heterocycles. The topological polar surface area (TPSA) is 26.0 Å². The first-order chi connectivity index (χ1) is 1.00. The summed E-state index contributed by atoms with van der Waals surface area (Å²) in [5.41, 5.74) is 4.50. The van der Waals surface area contributed by atoms with Gasteiger partial charge in [0.15, 0.2) is 0 Å². The van der Waals surface area contributed by atoms with Gasteiger partial charge in [-0.1, -0.05) is 0 Å². The maximum absolute atomic E-state index is 4.50. The van der Waals surface area contributed by atoms with Crippen molar-refractivity contribution >= 4 is 26.2 Å². The van der Waals surface area contributed by atoms with E-state index in [1.165, 1.54) is 7.05 Å². The molecule has 0 atom stereocenters. The van der Waals surface area contributed by atoms with Crippen LogP contribution in [0, 0.1) is 0 Å². The molecular formula is CH5BiBr4CsN. The van der Waals surface area contributed by atoms with E-state index < -0.39 is 0 Å². The van der Waals surface area contributed by atoms with Crippen molar-refractivity contribution in [2.24, 2.45) is 5.73 Å². The molecule has 0 aliphatic carbocycles. The Morgan fingerprint density at radius 3 is 0.750 bits per heavy atom. The molecule has 0 saturated carbocycles. The fraction of sp³-hybridized carbons (Fsp3) is 1.00. The van der Waals surface area contributed by atoms with Gasteiger partial charge in [-0.25, -0.2) is 0 Å². The molecule has 7 heteroatoms. The summed E-state index contributed by atoms with van der Waals surface area (Å²) in [5.74, 6) is 0. The Hall–Kier alpha value is 4.82. The van der Waals surface area contributed by atoms with E-state index in [4.69, 9.17) is 0 Å². The van der Waals surface area contributed by atoms with Gasteiger partial charge in [-0.3, -0.25) is 0 Å². The van der Waals surface area contributed by atoms with Crippen LogP contribution in [0.3, 0.4) is 0 Å². The number of rotatable bonds is 0. The van der Waals surface area contributed by atoms with Crippen LogP contribution >= 0.6 is 0 Å². The fourth-order valence-corrected chi connectivity index (χ4v) is 0. The van der Waals surface area contributed by atoms with Gasteiger partial charge >= 0.3 is 95.1 Å². The van der Waals surface area contributed by atoms with Crippen LogP contribution in [0.5, 0.6) is 0 Å². The van der Waals surface area contributed by atoms with Crippen molar-refractivity contribution in [1.82, 2.24) is 0 Å². The van der Waals surface area contributed by atoms with Crippen LogP contribution < -0.4 is 143 Å². The van der Waals surface area contributed by atoms with E-state index >= 15 is 0 Å². The summed E-state index contributed by atoms with van der Waals surface area (Å²) >= 11 is 0. The summed E-state index contributed by atoms with van der Waals surface area (Å²) in [6.07, 6.45) is 0. The second kappa shape index (κ2) is 59.6. The molecule has 0 saturated heterocycles. The van der Waals surface area contributed by atoms with E-state index in [-0.39, 0.29) is 163 Å². The molecule has 8 heavy (non-hydrogen) atoms. The minimum Gasteiger partial charge on any atom is -1.00 e. The van der Waals surface area contributed by atoms with Gasteiger partial charge < -0.3 is 73.7 Å². The summed E-state index contributed by atoms with van der Waals surface area (Å²) in [6.45, 7) is 0. The molecule has 2 N–H and O–H groups in total. The maximum Gasteiger partial charge on any atom is 3.00 e. The number of halogens is 4. The molecule has 2 radical (unpaired) electrons. The van der Waals surface area contributed by atoms with Gasteiger partial charge in [0.2, 0.25) is 0 Å². The summed E-state index contributed by atoms with van der Waals surface area (Å²) in [6, 6.07) is 0. The quantitative estimate of drug-likeness (QED) is 0.251. The van der Waals surface area contributed by atoms with Gasteiger partial charge in [-0.15, -0.1) is 0 Å². The second-order valence-electron chi connectivity index (χ2n) is 0. The number of hydrogen-bond acceptors (Lipinski definition) is 1. The Morgan fingerprint density at radius 2 is 0.750 bits per heavy atom. The smallest absolute Gasteiger partial charge is 1.00 e. The minimum absolute atomic E-state index is 0. The average molecular weight is 693 g/mol. The molecule has 0 unspecified atom stereocenters. The molecule has 0 amide bonds. The van der Waals surface area contributed by atoms with Gasteiger partial charge in [0.25, 0.3) is 0 Å². The summed E-state index contributed by atoms with van der Waals surface area (Å²) in [7, 11) is 1.50. The van der Waals surface area contributed by atoms with Gasteiger partial charge in [-0.2, -0.15) is 0 Å². The standard InChI is InChI=1S/CH5N.Bi.4BrH.Cs/c1-2;;;;;;/h2H2,1H3;;4*1H;/q;+3;;;;;+1/p-4. The van der Waals surface area contributed by atoms with Crippen molar-refractivity contribution in [3.63, 3.8) is 0 Å². The Labute approximate surface area is 171 Å². The van der Waals surface area contributed by atoms with E-state index in [0.717, 1.165) is 0 Å². The Morgan fingerprint density at radius 1 is 0.750 bits per heavy atom. The predicted octanol–water partition coefficient (Wildman–Crippen LogP) is -15.8. The van der Waals surface area contributed by atoms with Crippen molar-refractivity contribution in [3.8, 4) is 0 Å². The van der Waals surface area contributed by atoms with E-state index in [2.05, 4.69) is 5.73 Å². The fourth-order valence-electron chi connectivity index (χ4n) is 0. The van der Waals surface area contributed by atoms with Crippen molar-refractivity contribution in [2.45, 2.75) is 0 Å². The monoisotopic (exact) mass is 689 g/mol. The summed E-state index contributed by atoms with van der Waals surface area (Å²) in [4.78, 5) is 0. The average Bonchev–Trinajstić information content (AvgIpc) is 1.00. The van der Waals surface area contributed by atoms with Crippen LogP contribution in [-0.4, -0.2) is 33.3 Å². The number of hydrogen-bond donors (Lipinski definition) is 1. The van der Waals surface area contributed by atoms with E-state index in [1.54, 1.807) is 0 Å². The van der Waals surface area contributed by atoms with Crippen molar-refractivity contribution in [2.75, 3.05) is 7.05 Å².